The highest BCUT2D eigenvalue weighted by molar-refractivity contribution is 5.98. The Hall–Kier alpha value is -1.84. The number of carbonyl (C=O) groups is 2. The van der Waals surface area contributed by atoms with Gasteiger partial charge >= 0.3 is 0 Å². The van der Waals surface area contributed by atoms with E-state index in [9.17, 15) is 9.59 Å². The number of likely N-dealkylation sites (tertiary alicyclic amines) is 2. The van der Waals surface area contributed by atoms with E-state index in [4.69, 9.17) is 0 Å². The van der Waals surface area contributed by atoms with Crippen molar-refractivity contribution in [1.29, 1.82) is 0 Å². The zero-order valence-electron chi connectivity index (χ0n) is 16.6. The fraction of sp³-hybridized carbons (Fsp3) is 0.636. The van der Waals surface area contributed by atoms with Crippen molar-refractivity contribution in [2.24, 2.45) is 0 Å². The van der Waals surface area contributed by atoms with Gasteiger partial charge in [0.15, 0.2) is 0 Å². The maximum atomic E-state index is 12.9. The standard InChI is InChI=1S/C22H32N2O2/c1-15-7-5-8-16(2)23(15)21(25)19-11-13-20(14-12-19)22(26)24-17(3)9-6-10-18(24)4/h11-18H,5-10H2,1-4H3. The summed E-state index contributed by atoms with van der Waals surface area (Å²) in [5.41, 5.74) is 1.36. The summed E-state index contributed by atoms with van der Waals surface area (Å²) in [4.78, 5) is 29.9. The molecule has 4 atom stereocenters. The molecule has 2 fully saturated rings. The lowest BCUT2D eigenvalue weighted by Gasteiger charge is -2.39. The highest BCUT2D eigenvalue weighted by Crippen LogP contribution is 2.26. The van der Waals surface area contributed by atoms with E-state index in [1.165, 1.54) is 12.8 Å². The van der Waals surface area contributed by atoms with Gasteiger partial charge in [0.2, 0.25) is 0 Å². The third-order valence-corrected chi connectivity index (χ3v) is 6.23. The van der Waals surface area contributed by atoms with Gasteiger partial charge < -0.3 is 9.80 Å². The van der Waals surface area contributed by atoms with Crippen molar-refractivity contribution in [3.05, 3.63) is 35.4 Å². The molecule has 26 heavy (non-hydrogen) atoms. The zero-order valence-corrected chi connectivity index (χ0v) is 16.6. The van der Waals surface area contributed by atoms with Crippen LogP contribution in [-0.2, 0) is 0 Å². The number of amides is 2. The van der Waals surface area contributed by atoms with Crippen molar-refractivity contribution < 1.29 is 9.59 Å². The molecular formula is C22H32N2O2. The molecule has 0 bridgehead atoms. The van der Waals surface area contributed by atoms with Crippen molar-refractivity contribution in [2.75, 3.05) is 0 Å². The smallest absolute Gasteiger partial charge is 0.254 e. The molecule has 0 saturated carbocycles. The summed E-state index contributed by atoms with van der Waals surface area (Å²) in [6.07, 6.45) is 6.64. The summed E-state index contributed by atoms with van der Waals surface area (Å²) in [5.74, 6) is 0.173. The predicted molar refractivity (Wildman–Crippen MR) is 104 cm³/mol. The molecule has 2 saturated heterocycles. The first-order chi connectivity index (χ1) is 12.4. The number of piperidine rings is 2. The van der Waals surface area contributed by atoms with Gasteiger partial charge in [-0.1, -0.05) is 0 Å². The van der Waals surface area contributed by atoms with Gasteiger partial charge in [-0.05, 0) is 90.5 Å². The predicted octanol–water partition coefficient (Wildman–Crippen LogP) is 4.49. The molecule has 2 aliphatic rings. The summed E-state index contributed by atoms with van der Waals surface area (Å²) in [6, 6.07) is 8.41. The quantitative estimate of drug-likeness (QED) is 0.783. The molecule has 2 amide bonds. The van der Waals surface area contributed by atoms with Crippen LogP contribution < -0.4 is 0 Å². The molecule has 0 aromatic heterocycles. The van der Waals surface area contributed by atoms with Crippen LogP contribution in [0.15, 0.2) is 24.3 Å². The topological polar surface area (TPSA) is 40.6 Å². The first-order valence-corrected chi connectivity index (χ1v) is 10.2. The van der Waals surface area contributed by atoms with Crippen molar-refractivity contribution in [2.45, 2.75) is 90.4 Å². The Labute approximate surface area is 157 Å². The van der Waals surface area contributed by atoms with Crippen molar-refractivity contribution in [1.82, 2.24) is 9.80 Å². The first-order valence-electron chi connectivity index (χ1n) is 10.2. The van der Waals surface area contributed by atoms with Crippen LogP contribution in [0.25, 0.3) is 0 Å². The molecule has 0 N–H and O–H groups in total. The van der Waals surface area contributed by atoms with Crippen molar-refractivity contribution in [3.63, 3.8) is 0 Å². The molecular weight excluding hydrogens is 324 g/mol. The number of carbonyl (C=O) groups excluding carboxylic acids is 2. The van der Waals surface area contributed by atoms with Crippen LogP contribution in [0.5, 0.6) is 0 Å². The summed E-state index contributed by atoms with van der Waals surface area (Å²) < 4.78 is 0. The Balaban J connectivity index is 1.75. The summed E-state index contributed by atoms with van der Waals surface area (Å²) in [5, 5.41) is 0. The van der Waals surface area contributed by atoms with Crippen LogP contribution >= 0.6 is 0 Å². The lowest BCUT2D eigenvalue weighted by molar-refractivity contribution is 0.0497. The van der Waals surface area contributed by atoms with Gasteiger partial charge in [-0.15, -0.1) is 0 Å². The number of hydrogen-bond acceptors (Lipinski definition) is 2. The Bertz CT molecular complexity index is 578. The maximum Gasteiger partial charge on any atom is 0.254 e. The minimum absolute atomic E-state index is 0.0865. The van der Waals surface area contributed by atoms with E-state index in [-0.39, 0.29) is 36.0 Å². The normalized spacial score (nSPS) is 29.5. The van der Waals surface area contributed by atoms with Gasteiger partial charge in [-0.25, -0.2) is 0 Å². The molecule has 0 spiro atoms. The molecule has 4 unspecified atom stereocenters. The first kappa shape index (κ1) is 18.9. The number of rotatable bonds is 2. The minimum atomic E-state index is 0.0865. The third kappa shape index (κ3) is 3.65. The minimum Gasteiger partial charge on any atom is -0.333 e. The number of benzene rings is 1. The number of hydrogen-bond donors (Lipinski definition) is 0. The molecule has 1 aromatic rings. The van der Waals surface area contributed by atoms with Crippen LogP contribution in [0.1, 0.15) is 86.9 Å². The summed E-state index contributed by atoms with van der Waals surface area (Å²) >= 11 is 0. The van der Waals surface area contributed by atoms with Gasteiger partial charge in [0.1, 0.15) is 0 Å². The van der Waals surface area contributed by atoms with Crippen molar-refractivity contribution in [3.8, 4) is 0 Å². The van der Waals surface area contributed by atoms with E-state index in [1.807, 2.05) is 34.1 Å². The monoisotopic (exact) mass is 356 g/mol. The van der Waals surface area contributed by atoms with Crippen LogP contribution in [0.2, 0.25) is 0 Å². The third-order valence-electron chi connectivity index (χ3n) is 6.23. The molecule has 0 radical (unpaired) electrons. The van der Waals surface area contributed by atoms with Crippen LogP contribution in [0.3, 0.4) is 0 Å². The van der Waals surface area contributed by atoms with Crippen LogP contribution in [0.4, 0.5) is 0 Å². The molecule has 3 rings (SSSR count). The Kier molecular flexibility index (Phi) is 5.69. The van der Waals surface area contributed by atoms with E-state index in [2.05, 4.69) is 27.7 Å². The molecule has 2 heterocycles. The van der Waals surface area contributed by atoms with Gasteiger partial charge in [0.25, 0.3) is 11.8 Å². The average Bonchev–Trinajstić information content (AvgIpc) is 2.61. The second-order valence-electron chi connectivity index (χ2n) is 8.26. The van der Waals surface area contributed by atoms with Crippen LogP contribution in [0, 0.1) is 0 Å². The molecule has 4 heteroatoms. The van der Waals surface area contributed by atoms with Gasteiger partial charge in [-0.3, -0.25) is 9.59 Å². The highest BCUT2D eigenvalue weighted by atomic mass is 16.2. The molecule has 142 valence electrons. The summed E-state index contributed by atoms with van der Waals surface area (Å²) in [7, 11) is 0. The molecule has 0 aliphatic carbocycles. The SMILES string of the molecule is CC1CCCC(C)N1C(=O)c1ccc(C(=O)N2C(C)CCCC2C)cc1. The van der Waals surface area contributed by atoms with E-state index in [0.717, 1.165) is 25.7 Å². The van der Waals surface area contributed by atoms with Gasteiger partial charge in [0, 0.05) is 35.3 Å². The molecule has 2 aliphatic heterocycles. The van der Waals surface area contributed by atoms with E-state index in [0.29, 0.717) is 11.1 Å². The van der Waals surface area contributed by atoms with Crippen molar-refractivity contribution >= 4 is 11.8 Å². The largest absolute Gasteiger partial charge is 0.333 e. The molecule has 1 aromatic carbocycles. The maximum absolute atomic E-state index is 12.9. The second-order valence-corrected chi connectivity index (χ2v) is 8.26. The van der Waals surface area contributed by atoms with E-state index in [1.54, 1.807) is 0 Å². The van der Waals surface area contributed by atoms with E-state index >= 15 is 0 Å². The second kappa shape index (κ2) is 7.81. The summed E-state index contributed by atoms with van der Waals surface area (Å²) in [6.45, 7) is 8.52. The highest BCUT2D eigenvalue weighted by Gasteiger charge is 2.31. The Morgan fingerprint density at radius 1 is 0.654 bits per heavy atom. The lowest BCUT2D eigenvalue weighted by Crippen LogP contribution is -2.48. The average molecular weight is 357 g/mol. The molecule has 4 nitrogen and oxygen atoms in total. The fourth-order valence-corrected chi connectivity index (χ4v) is 4.70. The fourth-order valence-electron chi connectivity index (χ4n) is 4.70. The van der Waals surface area contributed by atoms with Crippen LogP contribution in [-0.4, -0.2) is 45.8 Å². The van der Waals surface area contributed by atoms with E-state index < -0.39 is 0 Å². The number of nitrogens with zero attached hydrogens (tertiary/aromatic N) is 2. The Morgan fingerprint density at radius 2 is 0.923 bits per heavy atom. The Morgan fingerprint density at radius 3 is 1.19 bits per heavy atom. The lowest BCUT2D eigenvalue weighted by atomic mass is 9.95. The zero-order chi connectivity index (χ0) is 18.8. The van der Waals surface area contributed by atoms with Gasteiger partial charge in [0.05, 0.1) is 0 Å². The van der Waals surface area contributed by atoms with Gasteiger partial charge in [-0.2, -0.15) is 0 Å².